The van der Waals surface area contributed by atoms with Crippen molar-refractivity contribution < 1.29 is 23.8 Å². The van der Waals surface area contributed by atoms with Crippen molar-refractivity contribution in [2.75, 3.05) is 12.4 Å². The summed E-state index contributed by atoms with van der Waals surface area (Å²) >= 11 is 1.41. The normalized spacial score (nSPS) is 17.4. The molecule has 2 N–H and O–H groups in total. The van der Waals surface area contributed by atoms with Crippen LogP contribution in [0.4, 0.5) is 15.2 Å². The maximum atomic E-state index is 14.9. The first kappa shape index (κ1) is 23.0. The van der Waals surface area contributed by atoms with Gasteiger partial charge in [-0.1, -0.05) is 48.1 Å². The minimum atomic E-state index is -0.910. The predicted molar refractivity (Wildman–Crippen MR) is 134 cm³/mol. The van der Waals surface area contributed by atoms with Gasteiger partial charge in [0, 0.05) is 11.5 Å². The summed E-state index contributed by atoms with van der Waals surface area (Å²) in [7, 11) is 1.61. The number of ether oxygens (including phenoxy) is 1. The third kappa shape index (κ3) is 4.61. The lowest BCUT2D eigenvalue weighted by atomic mass is 9.88. The molecular formula is C27H23FN2O4S. The van der Waals surface area contributed by atoms with E-state index in [0.29, 0.717) is 34.8 Å². The van der Waals surface area contributed by atoms with Gasteiger partial charge >= 0.3 is 5.97 Å². The Bertz CT molecular complexity index is 1420. The highest BCUT2D eigenvalue weighted by atomic mass is 32.1. The van der Waals surface area contributed by atoms with Crippen LogP contribution >= 0.6 is 11.3 Å². The molecule has 1 fully saturated rings. The second-order valence-electron chi connectivity index (χ2n) is 8.60. The van der Waals surface area contributed by atoms with Crippen molar-refractivity contribution in [3.8, 4) is 16.9 Å². The Kier molecular flexibility index (Phi) is 6.21. The Balaban J connectivity index is 1.32. The van der Waals surface area contributed by atoms with Crippen molar-refractivity contribution in [2.24, 2.45) is 11.8 Å². The molecule has 0 saturated heterocycles. The SMILES string of the molecule is COc1ccc2nc(Nc3ccc(-c4ccc(C(=O)[C@H]5CCC[C@@H]5C(=O)O)cc4)cc3F)sc2c1. The number of carboxylic acid groups (broad SMARTS) is 1. The number of carbonyl (C=O) groups excluding carboxylic acids is 1. The van der Waals surface area contributed by atoms with Crippen molar-refractivity contribution in [1.29, 1.82) is 0 Å². The van der Waals surface area contributed by atoms with E-state index < -0.39 is 23.6 Å². The summed E-state index contributed by atoms with van der Waals surface area (Å²) in [5, 5.41) is 13.0. The van der Waals surface area contributed by atoms with E-state index in [1.165, 1.54) is 17.4 Å². The second-order valence-corrected chi connectivity index (χ2v) is 9.63. The third-order valence-corrected chi connectivity index (χ3v) is 7.41. The van der Waals surface area contributed by atoms with Crippen molar-refractivity contribution in [1.82, 2.24) is 4.98 Å². The molecule has 1 saturated carbocycles. The lowest BCUT2D eigenvalue weighted by Gasteiger charge is -2.15. The van der Waals surface area contributed by atoms with Gasteiger partial charge in [-0.15, -0.1) is 0 Å². The van der Waals surface area contributed by atoms with Crippen molar-refractivity contribution in [3.63, 3.8) is 0 Å². The number of carboxylic acids is 1. The lowest BCUT2D eigenvalue weighted by molar-refractivity contribution is -0.142. The van der Waals surface area contributed by atoms with Gasteiger partial charge in [-0.3, -0.25) is 9.59 Å². The summed E-state index contributed by atoms with van der Waals surface area (Å²) in [4.78, 5) is 28.8. The van der Waals surface area contributed by atoms with Crippen LogP contribution in [0.15, 0.2) is 60.7 Å². The number of rotatable bonds is 7. The lowest BCUT2D eigenvalue weighted by Crippen LogP contribution is -2.25. The summed E-state index contributed by atoms with van der Waals surface area (Å²) in [6.45, 7) is 0. The van der Waals surface area contributed by atoms with E-state index in [4.69, 9.17) is 4.74 Å². The second kappa shape index (κ2) is 9.46. The molecule has 6 nitrogen and oxygen atoms in total. The van der Waals surface area contributed by atoms with Crippen LogP contribution in [-0.4, -0.2) is 29.0 Å². The molecule has 2 atom stereocenters. The molecule has 1 aliphatic carbocycles. The number of nitrogens with one attached hydrogen (secondary N) is 1. The number of thiazole rings is 1. The highest BCUT2D eigenvalue weighted by Gasteiger charge is 2.37. The standard InChI is InChI=1S/C27H23FN2O4S/c1-34-18-10-12-23-24(14-18)35-27(30-23)29-22-11-9-17(13-21(22)28)15-5-7-16(8-6-15)25(31)19-3-2-4-20(19)26(32)33/h5-14,19-20H,2-4H2,1H3,(H,29,30)(H,32,33)/t19-,20-/m0/s1. The Morgan fingerprint density at radius 2 is 1.77 bits per heavy atom. The molecule has 8 heteroatoms. The molecule has 0 amide bonds. The molecule has 1 aromatic heterocycles. The topological polar surface area (TPSA) is 88.5 Å². The molecule has 35 heavy (non-hydrogen) atoms. The van der Waals surface area contributed by atoms with Crippen LogP contribution in [-0.2, 0) is 4.79 Å². The van der Waals surface area contributed by atoms with Gasteiger partial charge < -0.3 is 15.2 Å². The van der Waals surface area contributed by atoms with Gasteiger partial charge in [0.05, 0.1) is 28.9 Å². The van der Waals surface area contributed by atoms with Gasteiger partial charge in [-0.25, -0.2) is 9.37 Å². The minimum absolute atomic E-state index is 0.138. The van der Waals surface area contributed by atoms with E-state index in [1.807, 2.05) is 18.2 Å². The summed E-state index contributed by atoms with van der Waals surface area (Å²) in [6.07, 6.45) is 1.88. The van der Waals surface area contributed by atoms with Crippen LogP contribution < -0.4 is 10.1 Å². The Labute approximate surface area is 205 Å². The zero-order valence-corrected chi connectivity index (χ0v) is 19.8. The molecule has 0 bridgehead atoms. The van der Waals surface area contributed by atoms with Crippen molar-refractivity contribution >= 4 is 44.1 Å². The fourth-order valence-electron chi connectivity index (χ4n) is 4.61. The van der Waals surface area contributed by atoms with Crippen LogP contribution in [0.2, 0.25) is 0 Å². The molecule has 3 aromatic carbocycles. The third-order valence-electron chi connectivity index (χ3n) is 6.48. The smallest absolute Gasteiger partial charge is 0.307 e. The number of anilines is 2. The molecule has 178 valence electrons. The number of hydrogen-bond acceptors (Lipinski definition) is 6. The first-order valence-corrected chi connectivity index (χ1v) is 12.1. The van der Waals surface area contributed by atoms with E-state index in [9.17, 15) is 19.1 Å². The van der Waals surface area contributed by atoms with Crippen LogP contribution in [0.1, 0.15) is 29.6 Å². The van der Waals surface area contributed by atoms with Crippen LogP contribution in [0.5, 0.6) is 5.75 Å². The van der Waals surface area contributed by atoms with Gasteiger partial charge in [0.1, 0.15) is 11.6 Å². The molecule has 0 radical (unpaired) electrons. The number of hydrogen-bond donors (Lipinski definition) is 2. The Morgan fingerprint density at radius 1 is 1.03 bits per heavy atom. The number of nitrogens with zero attached hydrogens (tertiary/aromatic N) is 1. The number of benzene rings is 3. The average Bonchev–Trinajstić information content (AvgIpc) is 3.51. The van der Waals surface area contributed by atoms with Gasteiger partial charge in [-0.2, -0.15) is 0 Å². The van der Waals surface area contributed by atoms with E-state index in [1.54, 1.807) is 43.5 Å². The number of aromatic nitrogens is 1. The molecule has 0 spiro atoms. The fourth-order valence-corrected chi connectivity index (χ4v) is 5.51. The number of ketones is 1. The first-order chi connectivity index (χ1) is 16.9. The summed E-state index contributed by atoms with van der Waals surface area (Å²) in [5.41, 5.74) is 3.04. The van der Waals surface area contributed by atoms with Crippen LogP contribution in [0.25, 0.3) is 21.3 Å². The number of aliphatic carboxylic acids is 1. The van der Waals surface area contributed by atoms with Crippen LogP contribution in [0.3, 0.4) is 0 Å². The van der Waals surface area contributed by atoms with E-state index in [2.05, 4.69) is 10.3 Å². The van der Waals surface area contributed by atoms with Crippen LogP contribution in [0, 0.1) is 17.7 Å². The predicted octanol–water partition coefficient (Wildman–Crippen LogP) is 6.54. The molecule has 5 rings (SSSR count). The maximum Gasteiger partial charge on any atom is 0.307 e. The highest BCUT2D eigenvalue weighted by molar-refractivity contribution is 7.22. The van der Waals surface area contributed by atoms with Gasteiger partial charge in [0.25, 0.3) is 0 Å². The first-order valence-electron chi connectivity index (χ1n) is 11.3. The molecule has 4 aromatic rings. The average molecular weight is 491 g/mol. The molecule has 1 aliphatic rings. The quantitative estimate of drug-likeness (QED) is 0.286. The number of carbonyl (C=O) groups is 2. The van der Waals surface area contributed by atoms with E-state index >= 15 is 0 Å². The fraction of sp³-hybridized carbons (Fsp3) is 0.222. The van der Waals surface area contributed by atoms with Crippen molar-refractivity contribution in [2.45, 2.75) is 19.3 Å². The zero-order chi connectivity index (χ0) is 24.5. The van der Waals surface area contributed by atoms with E-state index in [0.717, 1.165) is 28.0 Å². The zero-order valence-electron chi connectivity index (χ0n) is 19.0. The number of fused-ring (bicyclic) bond motifs is 1. The largest absolute Gasteiger partial charge is 0.497 e. The summed E-state index contributed by atoms with van der Waals surface area (Å²) in [5.74, 6) is -1.83. The minimum Gasteiger partial charge on any atom is -0.497 e. The molecule has 0 aliphatic heterocycles. The number of methoxy groups -OCH3 is 1. The van der Waals surface area contributed by atoms with Gasteiger partial charge in [-0.05, 0) is 54.3 Å². The highest BCUT2D eigenvalue weighted by Crippen LogP contribution is 2.35. The molecule has 1 heterocycles. The van der Waals surface area contributed by atoms with E-state index in [-0.39, 0.29) is 5.78 Å². The van der Waals surface area contributed by atoms with Gasteiger partial charge in [0.2, 0.25) is 0 Å². The molecular weight excluding hydrogens is 467 g/mol. The monoisotopic (exact) mass is 490 g/mol. The Morgan fingerprint density at radius 3 is 2.49 bits per heavy atom. The van der Waals surface area contributed by atoms with Gasteiger partial charge in [0.15, 0.2) is 10.9 Å². The Hall–Kier alpha value is -3.78. The maximum absolute atomic E-state index is 14.9. The summed E-state index contributed by atoms with van der Waals surface area (Å²) < 4.78 is 21.1. The number of halogens is 1. The number of Topliss-reactive ketones (excluding diaryl/α,β-unsaturated/α-hetero) is 1. The summed E-state index contributed by atoms with van der Waals surface area (Å²) in [6, 6.07) is 17.4. The van der Waals surface area contributed by atoms with Crippen molar-refractivity contribution in [3.05, 3.63) is 72.0 Å². The molecule has 0 unspecified atom stereocenters.